The Morgan fingerprint density at radius 3 is 2.28 bits per heavy atom. The zero-order valence-electron chi connectivity index (χ0n) is 16.6. The average molecular weight is 424 g/mol. The van der Waals surface area contributed by atoms with Crippen molar-refractivity contribution >= 4 is 41.3 Å². The molecule has 0 bridgehead atoms. The molecule has 1 aromatic rings. The Morgan fingerprint density at radius 2 is 1.72 bits per heavy atom. The lowest BCUT2D eigenvalue weighted by atomic mass is 10.1. The van der Waals surface area contributed by atoms with Crippen molar-refractivity contribution in [2.75, 3.05) is 50.7 Å². The molecular formula is C19H24N2O7S. The van der Waals surface area contributed by atoms with Crippen LogP contribution in [0.25, 0.3) is 0 Å². The molecule has 29 heavy (non-hydrogen) atoms. The summed E-state index contributed by atoms with van der Waals surface area (Å²) in [6, 6.07) is 3.65. The highest BCUT2D eigenvalue weighted by molar-refractivity contribution is 7.99. The first-order valence-corrected chi connectivity index (χ1v) is 10.1. The average Bonchev–Trinajstić information content (AvgIpc) is 2.72. The number of hydrogen-bond acceptors (Lipinski definition) is 9. The molecule has 1 aliphatic rings. The topological polar surface area (TPSA) is 111 Å². The molecule has 1 atom stereocenters. The van der Waals surface area contributed by atoms with Gasteiger partial charge in [-0.15, -0.1) is 0 Å². The van der Waals surface area contributed by atoms with Gasteiger partial charge in [0, 0.05) is 23.7 Å². The van der Waals surface area contributed by atoms with Gasteiger partial charge in [-0.1, -0.05) is 0 Å². The van der Waals surface area contributed by atoms with E-state index in [0.29, 0.717) is 12.3 Å². The number of ether oxygens (including phenoxy) is 3. The molecule has 0 unspecified atom stereocenters. The number of nitrogens with zero attached hydrogens (tertiary/aromatic N) is 1. The lowest BCUT2D eigenvalue weighted by Gasteiger charge is -2.32. The van der Waals surface area contributed by atoms with E-state index in [-0.39, 0.29) is 41.8 Å². The maximum absolute atomic E-state index is 12.6. The van der Waals surface area contributed by atoms with E-state index in [1.165, 1.54) is 32.4 Å². The number of carbonyl (C=O) groups is 4. The van der Waals surface area contributed by atoms with Crippen molar-refractivity contribution in [1.29, 1.82) is 0 Å². The molecule has 1 fully saturated rings. The van der Waals surface area contributed by atoms with E-state index in [2.05, 4.69) is 14.8 Å². The first-order chi connectivity index (χ1) is 13.9. The second-order valence-corrected chi connectivity index (χ2v) is 7.29. The van der Waals surface area contributed by atoms with Crippen molar-refractivity contribution in [2.24, 2.45) is 0 Å². The third kappa shape index (κ3) is 6.20. The predicted octanol–water partition coefficient (Wildman–Crippen LogP) is 1.18. The van der Waals surface area contributed by atoms with E-state index < -0.39 is 18.0 Å². The second kappa shape index (κ2) is 10.8. The summed E-state index contributed by atoms with van der Waals surface area (Å²) in [5, 5.41) is 2.66. The maximum Gasteiger partial charge on any atom is 0.337 e. The molecule has 0 radical (unpaired) electrons. The van der Waals surface area contributed by atoms with Gasteiger partial charge in [0.25, 0.3) is 0 Å². The summed E-state index contributed by atoms with van der Waals surface area (Å²) in [5.74, 6) is -0.690. The zero-order chi connectivity index (χ0) is 21.4. The fourth-order valence-electron chi connectivity index (χ4n) is 2.84. The Morgan fingerprint density at radius 1 is 1.10 bits per heavy atom. The van der Waals surface area contributed by atoms with Crippen LogP contribution in [0.2, 0.25) is 0 Å². The first-order valence-electron chi connectivity index (χ1n) is 8.99. The largest absolute Gasteiger partial charge is 0.465 e. The minimum absolute atomic E-state index is 0.0277. The quantitative estimate of drug-likeness (QED) is 0.509. The SMILES string of the molecule is CCOC(=O)[C@H]1CSCCN1CC(=O)Nc1cc(C(=O)OC)cc(C(=O)OC)c1. The lowest BCUT2D eigenvalue weighted by Crippen LogP contribution is -2.50. The maximum atomic E-state index is 12.6. The van der Waals surface area contributed by atoms with E-state index in [0.717, 1.165) is 5.75 Å². The molecule has 1 heterocycles. The lowest BCUT2D eigenvalue weighted by molar-refractivity contribution is -0.148. The smallest absolute Gasteiger partial charge is 0.337 e. The number of nitrogens with one attached hydrogen (secondary N) is 1. The fraction of sp³-hybridized carbons (Fsp3) is 0.474. The third-order valence-corrected chi connectivity index (χ3v) is 5.23. The monoisotopic (exact) mass is 424 g/mol. The van der Waals surface area contributed by atoms with Crippen LogP contribution in [0.4, 0.5) is 5.69 Å². The highest BCUT2D eigenvalue weighted by atomic mass is 32.2. The van der Waals surface area contributed by atoms with Gasteiger partial charge in [-0.25, -0.2) is 9.59 Å². The second-order valence-electron chi connectivity index (χ2n) is 6.14. The van der Waals surface area contributed by atoms with Gasteiger partial charge in [-0.05, 0) is 25.1 Å². The molecule has 1 saturated heterocycles. The van der Waals surface area contributed by atoms with Crippen LogP contribution >= 0.6 is 11.8 Å². The minimum Gasteiger partial charge on any atom is -0.465 e. The number of methoxy groups -OCH3 is 2. The van der Waals surface area contributed by atoms with Crippen molar-refractivity contribution in [3.8, 4) is 0 Å². The summed E-state index contributed by atoms with van der Waals surface area (Å²) in [7, 11) is 2.44. The fourth-order valence-corrected chi connectivity index (χ4v) is 3.94. The van der Waals surface area contributed by atoms with Gasteiger partial charge in [0.15, 0.2) is 0 Å². The summed E-state index contributed by atoms with van der Waals surface area (Å²) in [6.07, 6.45) is 0. The number of anilines is 1. The summed E-state index contributed by atoms with van der Waals surface area (Å²) in [6.45, 7) is 2.55. The van der Waals surface area contributed by atoms with Crippen LogP contribution in [0.3, 0.4) is 0 Å². The molecule has 0 aromatic heterocycles. The van der Waals surface area contributed by atoms with Gasteiger partial charge in [-0.2, -0.15) is 11.8 Å². The normalized spacial score (nSPS) is 16.6. The van der Waals surface area contributed by atoms with Gasteiger partial charge in [0.2, 0.25) is 5.91 Å². The number of benzene rings is 1. The Hall–Kier alpha value is -2.59. The van der Waals surface area contributed by atoms with E-state index in [4.69, 9.17) is 4.74 Å². The van der Waals surface area contributed by atoms with E-state index in [1.807, 2.05) is 0 Å². The molecule has 1 aliphatic heterocycles. The Bertz CT molecular complexity index is 750. The molecule has 9 nitrogen and oxygen atoms in total. The number of hydrogen-bond donors (Lipinski definition) is 1. The molecule has 1 amide bonds. The highest BCUT2D eigenvalue weighted by Crippen LogP contribution is 2.19. The summed E-state index contributed by atoms with van der Waals surface area (Å²) >= 11 is 1.63. The van der Waals surface area contributed by atoms with Crippen LogP contribution in [-0.4, -0.2) is 80.2 Å². The third-order valence-electron chi connectivity index (χ3n) is 4.20. The Labute approximate surface area is 173 Å². The Balaban J connectivity index is 2.15. The molecule has 1 aromatic carbocycles. The van der Waals surface area contributed by atoms with Gasteiger partial charge < -0.3 is 19.5 Å². The summed E-state index contributed by atoms with van der Waals surface area (Å²) < 4.78 is 14.5. The van der Waals surface area contributed by atoms with Crippen LogP contribution in [0, 0.1) is 0 Å². The van der Waals surface area contributed by atoms with Gasteiger partial charge in [-0.3, -0.25) is 14.5 Å². The van der Waals surface area contributed by atoms with Gasteiger partial charge in [0.05, 0.1) is 38.5 Å². The van der Waals surface area contributed by atoms with Crippen molar-refractivity contribution in [3.05, 3.63) is 29.3 Å². The summed E-state index contributed by atoms with van der Waals surface area (Å²) in [4.78, 5) is 50.2. The van der Waals surface area contributed by atoms with E-state index in [1.54, 1.807) is 23.6 Å². The first kappa shape index (κ1) is 22.7. The van der Waals surface area contributed by atoms with Crippen molar-refractivity contribution in [2.45, 2.75) is 13.0 Å². The Kier molecular flexibility index (Phi) is 8.47. The number of amides is 1. The van der Waals surface area contributed by atoms with Crippen LogP contribution in [-0.2, 0) is 23.8 Å². The standard InChI is InChI=1S/C19H24N2O7S/c1-4-28-19(25)15-11-29-6-5-21(15)10-16(22)20-14-8-12(17(23)26-2)7-13(9-14)18(24)27-3/h7-9,15H,4-6,10-11H2,1-3H3,(H,20,22)/t15-/m1/s1. The van der Waals surface area contributed by atoms with Crippen LogP contribution in [0.1, 0.15) is 27.6 Å². The van der Waals surface area contributed by atoms with Gasteiger partial charge >= 0.3 is 17.9 Å². The van der Waals surface area contributed by atoms with Crippen LogP contribution in [0.15, 0.2) is 18.2 Å². The number of thioether (sulfide) groups is 1. The zero-order valence-corrected chi connectivity index (χ0v) is 17.4. The molecule has 0 spiro atoms. The van der Waals surface area contributed by atoms with Gasteiger partial charge in [0.1, 0.15) is 6.04 Å². The molecule has 1 N–H and O–H groups in total. The predicted molar refractivity (Wildman–Crippen MR) is 107 cm³/mol. The van der Waals surface area contributed by atoms with Crippen molar-refractivity contribution < 1.29 is 33.4 Å². The molecule has 10 heteroatoms. The molecular weight excluding hydrogens is 400 g/mol. The minimum atomic E-state index is -0.651. The molecule has 2 rings (SSSR count). The van der Waals surface area contributed by atoms with Crippen LogP contribution < -0.4 is 5.32 Å². The highest BCUT2D eigenvalue weighted by Gasteiger charge is 2.31. The van der Waals surface area contributed by atoms with Crippen molar-refractivity contribution in [3.63, 3.8) is 0 Å². The molecule has 0 aliphatic carbocycles. The van der Waals surface area contributed by atoms with Crippen LogP contribution in [0.5, 0.6) is 0 Å². The summed E-state index contributed by atoms with van der Waals surface area (Å²) in [5.41, 5.74) is 0.450. The molecule has 158 valence electrons. The molecule has 0 saturated carbocycles. The number of esters is 3. The van der Waals surface area contributed by atoms with Crippen molar-refractivity contribution in [1.82, 2.24) is 4.90 Å². The number of rotatable bonds is 7. The van der Waals surface area contributed by atoms with E-state index in [9.17, 15) is 19.2 Å². The van der Waals surface area contributed by atoms with E-state index >= 15 is 0 Å². The number of carbonyl (C=O) groups excluding carboxylic acids is 4.